The second-order valence-corrected chi connectivity index (χ2v) is 3.70. The molecular formula is C5H7KO5S. The Morgan fingerprint density at radius 1 is 1.50 bits per heavy atom. The summed E-state index contributed by atoms with van der Waals surface area (Å²) in [5.41, 5.74) is 0. The fourth-order valence-corrected chi connectivity index (χ4v) is 0.828. The zero-order chi connectivity index (χ0) is 9.07. The van der Waals surface area contributed by atoms with Crippen molar-refractivity contribution < 1.29 is 74.4 Å². The van der Waals surface area contributed by atoms with E-state index in [0.717, 1.165) is 13.4 Å². The van der Waals surface area contributed by atoms with E-state index >= 15 is 0 Å². The van der Waals surface area contributed by atoms with Crippen LogP contribution in [0.1, 0.15) is 0 Å². The number of carbonyl (C=O) groups is 1. The Labute approximate surface area is 113 Å². The first kappa shape index (κ1) is 15.1. The number of hydrogen-bond acceptors (Lipinski definition) is 5. The first-order chi connectivity index (χ1) is 4.87. The molecule has 0 radical (unpaired) electrons. The third-order valence-electron chi connectivity index (χ3n) is 0.708. The van der Waals surface area contributed by atoms with Gasteiger partial charge in [0.05, 0.1) is 7.11 Å². The summed E-state index contributed by atoms with van der Waals surface area (Å²) < 4.78 is 24.7. The second-order valence-electron chi connectivity index (χ2n) is 1.80. The minimum absolute atomic E-state index is 0. The average molecular weight is 218 g/mol. The number of rotatable bonds is 2. The van der Waals surface area contributed by atoms with Gasteiger partial charge in [-0.05, 0) is 5.76 Å². The summed E-state index contributed by atoms with van der Waals surface area (Å²) in [5.74, 6) is -2.36. The van der Waals surface area contributed by atoms with Crippen LogP contribution < -0.4 is 56.5 Å². The molecule has 64 valence electrons. The Morgan fingerprint density at radius 3 is 2.17 bits per heavy atom. The molecule has 0 aromatic carbocycles. The summed E-state index contributed by atoms with van der Waals surface area (Å²) in [7, 11) is -2.56. The summed E-state index contributed by atoms with van der Waals surface area (Å²) in [4.78, 5) is 10.3. The van der Waals surface area contributed by atoms with Crippen LogP contribution in [0.2, 0.25) is 0 Å². The minimum atomic E-state index is -3.55. The predicted octanol–water partition coefficient (Wildman–Crippen LogP) is -4.59. The van der Waals surface area contributed by atoms with E-state index in [1.807, 2.05) is 0 Å². The smallest absolute Gasteiger partial charge is 0.867 e. The van der Waals surface area contributed by atoms with Gasteiger partial charge in [-0.1, -0.05) is 0 Å². The summed E-state index contributed by atoms with van der Waals surface area (Å²) in [6.45, 7) is 0. The summed E-state index contributed by atoms with van der Waals surface area (Å²) in [6, 6.07) is 0. The molecule has 0 amide bonds. The van der Waals surface area contributed by atoms with Crippen molar-refractivity contribution in [2.24, 2.45) is 0 Å². The molecule has 0 heterocycles. The van der Waals surface area contributed by atoms with Crippen LogP contribution in [0.4, 0.5) is 0 Å². The SMILES string of the molecule is COC(=O)/C([O-])=C/S(C)(=O)=O.[K+]. The van der Waals surface area contributed by atoms with Crippen LogP contribution in [0.25, 0.3) is 0 Å². The van der Waals surface area contributed by atoms with Crippen molar-refractivity contribution in [1.29, 1.82) is 0 Å². The monoisotopic (exact) mass is 218 g/mol. The maximum Gasteiger partial charge on any atom is 1.00 e. The van der Waals surface area contributed by atoms with Gasteiger partial charge in [0.25, 0.3) is 0 Å². The van der Waals surface area contributed by atoms with Crippen molar-refractivity contribution >= 4 is 15.8 Å². The van der Waals surface area contributed by atoms with Gasteiger partial charge >= 0.3 is 57.4 Å². The van der Waals surface area contributed by atoms with Crippen molar-refractivity contribution in [3.05, 3.63) is 11.2 Å². The molecule has 0 aliphatic heterocycles. The number of hydrogen-bond donors (Lipinski definition) is 0. The molecule has 0 aliphatic rings. The van der Waals surface area contributed by atoms with Gasteiger partial charge in [-0.15, -0.1) is 0 Å². The maximum absolute atomic E-state index is 10.5. The Balaban J connectivity index is 0. The van der Waals surface area contributed by atoms with Crippen LogP contribution >= 0.6 is 0 Å². The molecule has 0 saturated carbocycles. The van der Waals surface area contributed by atoms with E-state index in [9.17, 15) is 18.3 Å². The van der Waals surface area contributed by atoms with Crippen LogP contribution in [-0.2, 0) is 19.4 Å². The Morgan fingerprint density at radius 2 is 1.92 bits per heavy atom. The number of ether oxygens (including phenoxy) is 1. The quantitative estimate of drug-likeness (QED) is 0.202. The molecule has 5 nitrogen and oxygen atoms in total. The van der Waals surface area contributed by atoms with Gasteiger partial charge in [0.1, 0.15) is 0 Å². The van der Waals surface area contributed by atoms with Crippen LogP contribution in [0.5, 0.6) is 0 Å². The normalized spacial score (nSPS) is 11.7. The van der Waals surface area contributed by atoms with Gasteiger partial charge in [0.2, 0.25) is 0 Å². The fraction of sp³-hybridized carbons (Fsp3) is 0.400. The topological polar surface area (TPSA) is 83.5 Å². The fourth-order valence-electron chi connectivity index (χ4n) is 0.343. The van der Waals surface area contributed by atoms with Gasteiger partial charge in [0.15, 0.2) is 9.84 Å². The number of esters is 1. The predicted molar refractivity (Wildman–Crippen MR) is 34.9 cm³/mol. The van der Waals surface area contributed by atoms with Crippen LogP contribution in [-0.4, -0.2) is 27.8 Å². The van der Waals surface area contributed by atoms with Gasteiger partial charge in [0, 0.05) is 11.7 Å². The number of sulfone groups is 1. The largest absolute Gasteiger partial charge is 1.00 e. The molecule has 0 fully saturated rings. The Bertz CT molecular complexity index is 278. The molecule has 7 heteroatoms. The Kier molecular flexibility index (Phi) is 7.68. The van der Waals surface area contributed by atoms with Gasteiger partial charge in [-0.3, -0.25) is 0 Å². The van der Waals surface area contributed by atoms with E-state index in [1.54, 1.807) is 0 Å². The third kappa shape index (κ3) is 7.26. The molecule has 0 aromatic heterocycles. The standard InChI is InChI=1S/C5H8O5S.K/c1-10-5(7)4(6)3-11(2,8)9;/h3,6H,1-2H3;/q;+1/p-1/b4-3-;. The molecule has 0 spiro atoms. The van der Waals surface area contributed by atoms with Crippen molar-refractivity contribution in [2.75, 3.05) is 13.4 Å². The Hall–Kier alpha value is 0.596. The zero-order valence-corrected chi connectivity index (χ0v) is 11.0. The van der Waals surface area contributed by atoms with E-state index in [4.69, 9.17) is 0 Å². The van der Waals surface area contributed by atoms with Crippen LogP contribution in [0.3, 0.4) is 0 Å². The zero-order valence-electron chi connectivity index (χ0n) is 7.03. The third-order valence-corrected chi connectivity index (χ3v) is 1.35. The average Bonchev–Trinajstić information content (AvgIpc) is 1.82. The van der Waals surface area contributed by atoms with Crippen LogP contribution in [0.15, 0.2) is 11.2 Å². The minimum Gasteiger partial charge on any atom is -0.867 e. The molecule has 0 rings (SSSR count). The second kappa shape index (κ2) is 6.11. The molecule has 0 aromatic rings. The molecule has 0 N–H and O–H groups in total. The molecular weight excluding hydrogens is 211 g/mol. The number of carbonyl (C=O) groups excluding carboxylic acids is 1. The molecule has 12 heavy (non-hydrogen) atoms. The molecule has 0 bridgehead atoms. The van der Waals surface area contributed by atoms with E-state index in [2.05, 4.69) is 4.74 Å². The molecule has 0 aliphatic carbocycles. The van der Waals surface area contributed by atoms with E-state index in [-0.39, 0.29) is 51.4 Å². The van der Waals surface area contributed by atoms with Gasteiger partial charge < -0.3 is 9.84 Å². The summed E-state index contributed by atoms with van der Waals surface area (Å²) >= 11 is 0. The van der Waals surface area contributed by atoms with Crippen molar-refractivity contribution in [2.45, 2.75) is 0 Å². The summed E-state index contributed by atoms with van der Waals surface area (Å²) in [6.07, 6.45) is 0.813. The molecule has 0 saturated heterocycles. The van der Waals surface area contributed by atoms with Crippen molar-refractivity contribution in [3.8, 4) is 0 Å². The van der Waals surface area contributed by atoms with E-state index in [0.29, 0.717) is 5.41 Å². The van der Waals surface area contributed by atoms with Crippen molar-refractivity contribution in [1.82, 2.24) is 0 Å². The van der Waals surface area contributed by atoms with Crippen LogP contribution in [0, 0.1) is 0 Å². The summed E-state index contributed by atoms with van der Waals surface area (Å²) in [5, 5.41) is 10.8. The molecule has 0 atom stereocenters. The van der Waals surface area contributed by atoms with Gasteiger partial charge in [-0.2, -0.15) is 0 Å². The first-order valence-electron chi connectivity index (χ1n) is 2.54. The first-order valence-corrected chi connectivity index (χ1v) is 4.49. The maximum atomic E-state index is 10.5. The van der Waals surface area contributed by atoms with Gasteiger partial charge in [-0.25, -0.2) is 13.2 Å². The molecule has 0 unspecified atom stereocenters. The van der Waals surface area contributed by atoms with E-state index < -0.39 is 21.6 Å². The number of methoxy groups -OCH3 is 1. The van der Waals surface area contributed by atoms with Crippen molar-refractivity contribution in [3.63, 3.8) is 0 Å². The van der Waals surface area contributed by atoms with E-state index in [1.165, 1.54) is 0 Å².